The summed E-state index contributed by atoms with van der Waals surface area (Å²) in [5.74, 6) is -0.683. The Kier molecular flexibility index (Phi) is 3.63. The van der Waals surface area contributed by atoms with E-state index in [1.165, 1.54) is 29.5 Å². The van der Waals surface area contributed by atoms with E-state index < -0.39 is 5.82 Å². The van der Waals surface area contributed by atoms with Crippen LogP contribution in [-0.2, 0) is 0 Å². The average Bonchev–Trinajstić information content (AvgIpc) is 2.86. The zero-order chi connectivity index (χ0) is 14.3. The third-order valence-corrected chi connectivity index (χ3v) is 5.22. The van der Waals surface area contributed by atoms with E-state index in [0.717, 1.165) is 14.6 Å². The SMILES string of the molecule is O=C(c1ccc(F)c(Cl)c1)c1csc2c(Br)cccc12. The third kappa shape index (κ3) is 2.28. The molecule has 1 aromatic heterocycles. The van der Waals surface area contributed by atoms with Crippen molar-refractivity contribution in [2.75, 3.05) is 0 Å². The van der Waals surface area contributed by atoms with Crippen molar-refractivity contribution in [2.45, 2.75) is 0 Å². The molecule has 2 aromatic carbocycles. The lowest BCUT2D eigenvalue weighted by molar-refractivity contribution is 0.104. The Morgan fingerprint density at radius 1 is 1.25 bits per heavy atom. The minimum atomic E-state index is -0.527. The summed E-state index contributed by atoms with van der Waals surface area (Å²) < 4.78 is 15.1. The largest absolute Gasteiger partial charge is 0.289 e. The van der Waals surface area contributed by atoms with E-state index >= 15 is 0 Å². The molecule has 0 spiro atoms. The van der Waals surface area contributed by atoms with Gasteiger partial charge < -0.3 is 0 Å². The topological polar surface area (TPSA) is 17.1 Å². The van der Waals surface area contributed by atoms with Gasteiger partial charge in [-0.2, -0.15) is 0 Å². The predicted octanol–water partition coefficient (Wildman–Crippen LogP) is 5.69. The minimum Gasteiger partial charge on any atom is -0.289 e. The standard InChI is InChI=1S/C15H7BrClFOS/c16-11-3-1-2-9-10(7-20-15(9)11)14(19)8-4-5-13(18)12(17)6-8/h1-7H. The molecule has 0 saturated heterocycles. The number of fused-ring (bicyclic) bond motifs is 1. The second kappa shape index (κ2) is 5.28. The van der Waals surface area contributed by atoms with Gasteiger partial charge in [-0.1, -0.05) is 23.7 Å². The molecule has 3 rings (SSSR count). The van der Waals surface area contributed by atoms with Crippen molar-refractivity contribution in [1.29, 1.82) is 0 Å². The van der Waals surface area contributed by atoms with Gasteiger partial charge in [0.15, 0.2) is 5.78 Å². The zero-order valence-corrected chi connectivity index (χ0v) is 13.2. The van der Waals surface area contributed by atoms with Crippen molar-refractivity contribution in [3.05, 3.63) is 68.2 Å². The van der Waals surface area contributed by atoms with Gasteiger partial charge in [0.25, 0.3) is 0 Å². The molecule has 20 heavy (non-hydrogen) atoms. The van der Waals surface area contributed by atoms with Gasteiger partial charge in [0.1, 0.15) is 5.82 Å². The molecular formula is C15H7BrClFOS. The highest BCUT2D eigenvalue weighted by molar-refractivity contribution is 9.10. The number of thiophene rings is 1. The van der Waals surface area contributed by atoms with Crippen molar-refractivity contribution in [1.82, 2.24) is 0 Å². The number of rotatable bonds is 2. The fourth-order valence-corrected chi connectivity index (χ4v) is 3.77. The van der Waals surface area contributed by atoms with Gasteiger partial charge in [-0.15, -0.1) is 11.3 Å². The Morgan fingerprint density at radius 3 is 2.80 bits per heavy atom. The molecule has 0 aliphatic heterocycles. The maximum Gasteiger partial charge on any atom is 0.194 e. The molecule has 3 aromatic rings. The van der Waals surface area contributed by atoms with E-state index in [-0.39, 0.29) is 10.8 Å². The highest BCUT2D eigenvalue weighted by atomic mass is 79.9. The van der Waals surface area contributed by atoms with E-state index in [1.54, 1.807) is 0 Å². The van der Waals surface area contributed by atoms with Crippen LogP contribution in [0.15, 0.2) is 46.3 Å². The number of carbonyl (C=O) groups is 1. The molecule has 0 fully saturated rings. The second-order valence-corrected chi connectivity index (χ2v) is 6.37. The first kappa shape index (κ1) is 13.7. The van der Waals surface area contributed by atoms with E-state index in [0.29, 0.717) is 11.1 Å². The lowest BCUT2D eigenvalue weighted by Gasteiger charge is -2.02. The molecule has 0 N–H and O–H groups in total. The summed E-state index contributed by atoms with van der Waals surface area (Å²) in [7, 11) is 0. The summed E-state index contributed by atoms with van der Waals surface area (Å²) in [6, 6.07) is 9.73. The first-order valence-electron chi connectivity index (χ1n) is 5.73. The molecule has 0 radical (unpaired) electrons. The maximum atomic E-state index is 13.2. The number of benzene rings is 2. The van der Waals surface area contributed by atoms with Crippen LogP contribution in [0.5, 0.6) is 0 Å². The van der Waals surface area contributed by atoms with E-state index in [9.17, 15) is 9.18 Å². The summed E-state index contributed by atoms with van der Waals surface area (Å²) >= 11 is 10.7. The highest BCUT2D eigenvalue weighted by Crippen LogP contribution is 2.33. The first-order valence-corrected chi connectivity index (χ1v) is 7.78. The Labute approximate surface area is 132 Å². The van der Waals surface area contributed by atoms with Gasteiger partial charge in [-0.05, 0) is 40.2 Å². The van der Waals surface area contributed by atoms with E-state index in [4.69, 9.17) is 11.6 Å². The Bertz CT molecular complexity index is 828. The van der Waals surface area contributed by atoms with Crippen LogP contribution in [0.1, 0.15) is 15.9 Å². The lowest BCUT2D eigenvalue weighted by Crippen LogP contribution is -2.00. The average molecular weight is 370 g/mol. The quantitative estimate of drug-likeness (QED) is 0.531. The Balaban J connectivity index is 2.13. The zero-order valence-electron chi connectivity index (χ0n) is 9.99. The number of ketones is 1. The molecule has 0 aliphatic carbocycles. The van der Waals surface area contributed by atoms with E-state index in [1.807, 2.05) is 23.6 Å². The normalized spacial score (nSPS) is 10.9. The van der Waals surface area contributed by atoms with Crippen LogP contribution in [0.4, 0.5) is 4.39 Å². The van der Waals surface area contributed by atoms with Crippen molar-refractivity contribution >= 4 is 54.7 Å². The van der Waals surface area contributed by atoms with Crippen LogP contribution in [0.3, 0.4) is 0 Å². The van der Waals surface area contributed by atoms with Crippen LogP contribution >= 0.6 is 38.9 Å². The fraction of sp³-hybridized carbons (Fsp3) is 0. The van der Waals surface area contributed by atoms with Gasteiger partial charge in [-0.25, -0.2) is 4.39 Å². The molecule has 0 bridgehead atoms. The van der Waals surface area contributed by atoms with Gasteiger partial charge in [0.05, 0.1) is 5.02 Å². The maximum absolute atomic E-state index is 13.2. The van der Waals surface area contributed by atoms with Crippen molar-refractivity contribution in [3.63, 3.8) is 0 Å². The van der Waals surface area contributed by atoms with Crippen molar-refractivity contribution in [3.8, 4) is 0 Å². The molecule has 0 unspecified atom stereocenters. The summed E-state index contributed by atoms with van der Waals surface area (Å²) in [5, 5.41) is 2.65. The van der Waals surface area contributed by atoms with Crippen LogP contribution in [0.25, 0.3) is 10.1 Å². The molecule has 1 nitrogen and oxygen atoms in total. The number of carbonyl (C=O) groups excluding carboxylic acids is 1. The molecule has 0 atom stereocenters. The highest BCUT2D eigenvalue weighted by Gasteiger charge is 2.16. The summed E-state index contributed by atoms with van der Waals surface area (Å²) in [6.07, 6.45) is 0. The molecule has 5 heteroatoms. The second-order valence-electron chi connectivity index (χ2n) is 4.22. The predicted molar refractivity (Wildman–Crippen MR) is 84.4 cm³/mol. The van der Waals surface area contributed by atoms with E-state index in [2.05, 4.69) is 15.9 Å². The molecular weight excluding hydrogens is 363 g/mol. The number of hydrogen-bond acceptors (Lipinski definition) is 2. The Morgan fingerprint density at radius 2 is 2.05 bits per heavy atom. The molecule has 0 saturated carbocycles. The molecule has 0 aliphatic rings. The first-order chi connectivity index (χ1) is 9.58. The molecule has 0 amide bonds. The summed E-state index contributed by atoms with van der Waals surface area (Å²) in [6.45, 7) is 0. The third-order valence-electron chi connectivity index (χ3n) is 2.98. The van der Waals surface area contributed by atoms with Crippen molar-refractivity contribution in [2.24, 2.45) is 0 Å². The number of hydrogen-bond donors (Lipinski definition) is 0. The smallest absolute Gasteiger partial charge is 0.194 e. The van der Waals surface area contributed by atoms with Crippen LogP contribution < -0.4 is 0 Å². The summed E-state index contributed by atoms with van der Waals surface area (Å²) in [5.41, 5.74) is 0.991. The van der Waals surface area contributed by atoms with Gasteiger partial charge >= 0.3 is 0 Å². The Hall–Kier alpha value is -1.23. The molecule has 100 valence electrons. The van der Waals surface area contributed by atoms with Crippen LogP contribution in [0.2, 0.25) is 5.02 Å². The summed E-state index contributed by atoms with van der Waals surface area (Å²) in [4.78, 5) is 12.5. The van der Waals surface area contributed by atoms with Crippen molar-refractivity contribution < 1.29 is 9.18 Å². The van der Waals surface area contributed by atoms with Gasteiger partial charge in [0, 0.05) is 31.1 Å². The van der Waals surface area contributed by atoms with Crippen LogP contribution in [-0.4, -0.2) is 5.78 Å². The lowest BCUT2D eigenvalue weighted by atomic mass is 10.0. The van der Waals surface area contributed by atoms with Crippen LogP contribution in [0, 0.1) is 5.82 Å². The minimum absolute atomic E-state index is 0.0448. The van der Waals surface area contributed by atoms with Gasteiger partial charge in [-0.3, -0.25) is 4.79 Å². The number of halogens is 3. The molecule has 1 heterocycles. The van der Waals surface area contributed by atoms with Gasteiger partial charge in [0.2, 0.25) is 0 Å². The monoisotopic (exact) mass is 368 g/mol. The fourth-order valence-electron chi connectivity index (χ4n) is 1.99.